The molecule has 2 aromatic heterocycles. The van der Waals surface area contributed by atoms with Crippen LogP contribution < -0.4 is 0 Å². The van der Waals surface area contributed by atoms with Gasteiger partial charge in [-0.25, -0.2) is 4.98 Å². The molecule has 0 atom stereocenters. The molecule has 0 saturated heterocycles. The summed E-state index contributed by atoms with van der Waals surface area (Å²) in [6.45, 7) is 0. The minimum Gasteiger partial charge on any atom is -0.292 e. The first kappa shape index (κ1) is 12.8. The smallest absolute Gasteiger partial charge is 0.129 e. The monoisotopic (exact) mass is 314 g/mol. The van der Waals surface area contributed by atoms with Gasteiger partial charge in [-0.05, 0) is 12.1 Å². The van der Waals surface area contributed by atoms with E-state index >= 15 is 0 Å². The topological polar surface area (TPSA) is 35.6 Å². The first-order valence-corrected chi connectivity index (χ1v) is 6.80. The molecule has 0 saturated carbocycles. The molecule has 7 heteroatoms. The van der Waals surface area contributed by atoms with Gasteiger partial charge in [0.1, 0.15) is 5.82 Å². The summed E-state index contributed by atoms with van der Waals surface area (Å²) in [5.74, 6) is 1.02. The van der Waals surface area contributed by atoms with Crippen LogP contribution >= 0.6 is 34.8 Å². The summed E-state index contributed by atoms with van der Waals surface area (Å²) in [6.07, 6.45) is 3.64. The second kappa shape index (κ2) is 4.71. The standard InChI is InChI=1S/C12H9Cl3N4/c1-18-6-7(5-16-18)19-11-3-9(15)8(14)2-10(11)17-12(19)4-13/h2-3,5-6H,4H2,1H3. The highest BCUT2D eigenvalue weighted by molar-refractivity contribution is 6.42. The van der Waals surface area contributed by atoms with E-state index in [2.05, 4.69) is 10.1 Å². The fourth-order valence-electron chi connectivity index (χ4n) is 2.02. The van der Waals surface area contributed by atoms with Crippen molar-refractivity contribution in [1.82, 2.24) is 19.3 Å². The minimum absolute atomic E-state index is 0.290. The van der Waals surface area contributed by atoms with Gasteiger partial charge < -0.3 is 0 Å². The first-order chi connectivity index (χ1) is 9.10. The van der Waals surface area contributed by atoms with Gasteiger partial charge in [-0.1, -0.05) is 23.2 Å². The lowest BCUT2D eigenvalue weighted by Crippen LogP contribution is -1.98. The highest BCUT2D eigenvalue weighted by Gasteiger charge is 2.14. The molecule has 0 aliphatic carbocycles. The van der Waals surface area contributed by atoms with E-state index in [9.17, 15) is 0 Å². The molecule has 3 aromatic rings. The van der Waals surface area contributed by atoms with Crippen molar-refractivity contribution < 1.29 is 0 Å². The van der Waals surface area contributed by atoms with Gasteiger partial charge in [-0.15, -0.1) is 11.6 Å². The number of hydrogen-bond acceptors (Lipinski definition) is 2. The molecule has 4 nitrogen and oxygen atoms in total. The zero-order valence-corrected chi connectivity index (χ0v) is 12.2. The van der Waals surface area contributed by atoms with Gasteiger partial charge in [0.2, 0.25) is 0 Å². The van der Waals surface area contributed by atoms with Crippen LogP contribution in [-0.2, 0) is 12.9 Å². The van der Waals surface area contributed by atoms with E-state index in [1.54, 1.807) is 23.0 Å². The molecule has 2 heterocycles. The molecule has 0 unspecified atom stereocenters. The SMILES string of the molecule is Cn1cc(-n2c(CCl)nc3cc(Cl)c(Cl)cc32)cn1. The van der Waals surface area contributed by atoms with Crippen molar-refractivity contribution in [3.8, 4) is 5.69 Å². The van der Waals surface area contributed by atoms with Crippen LogP contribution in [0, 0.1) is 0 Å². The van der Waals surface area contributed by atoms with Crippen molar-refractivity contribution in [1.29, 1.82) is 0 Å². The minimum atomic E-state index is 0.290. The van der Waals surface area contributed by atoms with E-state index in [4.69, 9.17) is 34.8 Å². The molecule has 0 fully saturated rings. The number of benzene rings is 1. The van der Waals surface area contributed by atoms with E-state index < -0.39 is 0 Å². The Morgan fingerprint density at radius 2 is 1.95 bits per heavy atom. The zero-order valence-electron chi connectivity index (χ0n) is 9.94. The molecular weight excluding hydrogens is 307 g/mol. The van der Waals surface area contributed by atoms with E-state index in [-0.39, 0.29) is 0 Å². The Morgan fingerprint density at radius 1 is 1.21 bits per heavy atom. The summed E-state index contributed by atoms with van der Waals surface area (Å²) >= 11 is 18.1. The van der Waals surface area contributed by atoms with Crippen molar-refractivity contribution in [2.45, 2.75) is 5.88 Å². The number of nitrogens with zero attached hydrogens (tertiary/aromatic N) is 4. The van der Waals surface area contributed by atoms with Gasteiger partial charge >= 0.3 is 0 Å². The van der Waals surface area contributed by atoms with E-state index in [1.165, 1.54) is 0 Å². The average Bonchev–Trinajstić information content (AvgIpc) is 2.93. The number of aromatic nitrogens is 4. The first-order valence-electron chi connectivity index (χ1n) is 5.51. The van der Waals surface area contributed by atoms with Crippen molar-refractivity contribution in [2.75, 3.05) is 0 Å². The van der Waals surface area contributed by atoms with Crippen LogP contribution in [0.15, 0.2) is 24.5 Å². The Labute approximate surface area is 124 Å². The number of imidazole rings is 1. The maximum Gasteiger partial charge on any atom is 0.129 e. The van der Waals surface area contributed by atoms with Crippen LogP contribution in [0.1, 0.15) is 5.82 Å². The maximum atomic E-state index is 6.08. The lowest BCUT2D eigenvalue weighted by Gasteiger charge is -2.04. The summed E-state index contributed by atoms with van der Waals surface area (Å²) in [5, 5.41) is 5.13. The van der Waals surface area contributed by atoms with Crippen LogP contribution in [0.25, 0.3) is 16.7 Å². The van der Waals surface area contributed by atoms with Gasteiger partial charge in [-0.2, -0.15) is 5.10 Å². The van der Waals surface area contributed by atoms with Crippen LogP contribution in [0.3, 0.4) is 0 Å². The molecule has 0 aliphatic heterocycles. The third-order valence-electron chi connectivity index (χ3n) is 2.83. The lowest BCUT2D eigenvalue weighted by atomic mass is 10.3. The van der Waals surface area contributed by atoms with E-state index in [0.29, 0.717) is 15.9 Å². The third-order valence-corrected chi connectivity index (χ3v) is 3.80. The molecule has 3 rings (SSSR count). The van der Waals surface area contributed by atoms with Gasteiger partial charge in [0.25, 0.3) is 0 Å². The Morgan fingerprint density at radius 3 is 2.58 bits per heavy atom. The molecule has 0 aliphatic rings. The van der Waals surface area contributed by atoms with E-state index in [0.717, 1.165) is 22.5 Å². The van der Waals surface area contributed by atoms with Gasteiger partial charge in [0.05, 0.1) is 38.8 Å². The Balaban J connectivity index is 2.35. The predicted molar refractivity (Wildman–Crippen MR) is 77.4 cm³/mol. The van der Waals surface area contributed by atoms with Crippen LogP contribution in [0.2, 0.25) is 10.0 Å². The summed E-state index contributed by atoms with van der Waals surface area (Å²) < 4.78 is 3.65. The molecule has 0 bridgehead atoms. The molecule has 0 N–H and O–H groups in total. The number of alkyl halides is 1. The fraction of sp³-hybridized carbons (Fsp3) is 0.167. The molecule has 0 spiro atoms. The molecular formula is C12H9Cl3N4. The highest BCUT2D eigenvalue weighted by Crippen LogP contribution is 2.30. The van der Waals surface area contributed by atoms with Crippen LogP contribution in [0.5, 0.6) is 0 Å². The number of rotatable bonds is 2. The number of fused-ring (bicyclic) bond motifs is 1. The molecule has 1 aromatic carbocycles. The third kappa shape index (κ3) is 2.10. The Bertz CT molecular complexity index is 760. The van der Waals surface area contributed by atoms with Crippen molar-refractivity contribution in [3.63, 3.8) is 0 Å². The van der Waals surface area contributed by atoms with Crippen molar-refractivity contribution in [2.24, 2.45) is 7.05 Å². The second-order valence-corrected chi connectivity index (χ2v) is 5.21. The van der Waals surface area contributed by atoms with Crippen molar-refractivity contribution in [3.05, 3.63) is 40.4 Å². The summed E-state index contributed by atoms with van der Waals surface area (Å²) in [7, 11) is 1.85. The fourth-order valence-corrected chi connectivity index (χ4v) is 2.52. The van der Waals surface area contributed by atoms with Crippen LogP contribution in [0.4, 0.5) is 0 Å². The normalized spacial score (nSPS) is 11.4. The number of aryl methyl sites for hydroxylation is 1. The molecule has 98 valence electrons. The highest BCUT2D eigenvalue weighted by atomic mass is 35.5. The van der Waals surface area contributed by atoms with Gasteiger partial charge in [-0.3, -0.25) is 9.25 Å². The molecule has 19 heavy (non-hydrogen) atoms. The predicted octanol–water partition coefficient (Wildman–Crippen LogP) is 3.80. The summed E-state index contributed by atoms with van der Waals surface area (Å²) in [4.78, 5) is 4.47. The van der Waals surface area contributed by atoms with Crippen molar-refractivity contribution >= 4 is 45.8 Å². The van der Waals surface area contributed by atoms with E-state index in [1.807, 2.05) is 17.8 Å². The summed E-state index contributed by atoms with van der Waals surface area (Å²) in [5.41, 5.74) is 2.51. The molecule has 0 radical (unpaired) electrons. The largest absolute Gasteiger partial charge is 0.292 e. The summed E-state index contributed by atoms with van der Waals surface area (Å²) in [6, 6.07) is 3.53. The van der Waals surface area contributed by atoms with Gasteiger partial charge in [0.15, 0.2) is 0 Å². The van der Waals surface area contributed by atoms with Crippen LogP contribution in [-0.4, -0.2) is 19.3 Å². The molecule has 0 amide bonds. The quantitative estimate of drug-likeness (QED) is 0.674. The zero-order chi connectivity index (χ0) is 13.6. The maximum absolute atomic E-state index is 6.08. The second-order valence-electron chi connectivity index (χ2n) is 4.12. The average molecular weight is 316 g/mol. The Kier molecular flexibility index (Phi) is 3.17. The number of hydrogen-bond donors (Lipinski definition) is 0. The Hall–Kier alpha value is -1.23. The van der Waals surface area contributed by atoms with Gasteiger partial charge in [0, 0.05) is 13.2 Å². The number of halogens is 3. The lowest BCUT2D eigenvalue weighted by molar-refractivity contribution is 0.767.